The molecule has 6 aromatic rings. The summed E-state index contributed by atoms with van der Waals surface area (Å²) in [5, 5.41) is 1.12. The van der Waals surface area contributed by atoms with Crippen molar-refractivity contribution in [1.82, 2.24) is 19.4 Å². The lowest BCUT2D eigenvalue weighted by Gasteiger charge is -2.19. The average molecular weight is 613 g/mol. The van der Waals surface area contributed by atoms with Crippen LogP contribution in [0.1, 0.15) is 61.1 Å². The fourth-order valence-electron chi connectivity index (χ4n) is 6.38. The Morgan fingerprint density at radius 1 is 0.783 bits per heavy atom. The predicted molar refractivity (Wildman–Crippen MR) is 172 cm³/mol. The standard InChI is InChI=1S/C38H30F2N4O2/c39-29-12-8-25(9-13-29)21-27-16-19-42-36(35(27)37(45)33-6-3-4-18-41-33)38(46)43-20-17-28(23-43)32-24-44(34-7-2-1-5-31(32)34)22-26-10-14-30(40)15-11-26/h1-16,18-19,24,28H,17,20-23H2. The van der Waals surface area contributed by atoms with Gasteiger partial charge in [-0.25, -0.2) is 8.78 Å². The number of fused-ring (bicyclic) bond motifs is 1. The summed E-state index contributed by atoms with van der Waals surface area (Å²) in [5.74, 6) is -1.22. The van der Waals surface area contributed by atoms with Crippen molar-refractivity contribution in [3.8, 4) is 0 Å². The van der Waals surface area contributed by atoms with Crippen LogP contribution in [0.5, 0.6) is 0 Å². The molecule has 1 atom stereocenters. The maximum atomic E-state index is 14.2. The highest BCUT2D eigenvalue weighted by molar-refractivity contribution is 6.14. The molecule has 0 bridgehead atoms. The van der Waals surface area contributed by atoms with Crippen LogP contribution in [0.4, 0.5) is 8.78 Å². The summed E-state index contributed by atoms with van der Waals surface area (Å²) in [6.45, 7) is 1.59. The van der Waals surface area contributed by atoms with Crippen molar-refractivity contribution in [2.24, 2.45) is 0 Å². The Morgan fingerprint density at radius 3 is 2.24 bits per heavy atom. The average Bonchev–Trinajstić information content (AvgIpc) is 3.72. The van der Waals surface area contributed by atoms with E-state index in [2.05, 4.69) is 32.9 Å². The first kappa shape index (κ1) is 29.2. The number of ketones is 1. The molecule has 0 N–H and O–H groups in total. The topological polar surface area (TPSA) is 68.1 Å². The molecule has 7 rings (SSSR count). The fraction of sp³-hybridized carbons (Fsp3) is 0.158. The number of amides is 1. The Balaban J connectivity index is 1.20. The number of likely N-dealkylation sites (tertiary alicyclic amines) is 1. The fourth-order valence-corrected chi connectivity index (χ4v) is 6.38. The molecule has 0 saturated carbocycles. The molecule has 0 aliphatic carbocycles. The molecule has 228 valence electrons. The first-order valence-corrected chi connectivity index (χ1v) is 15.2. The van der Waals surface area contributed by atoms with Gasteiger partial charge < -0.3 is 9.47 Å². The lowest BCUT2D eigenvalue weighted by molar-refractivity contribution is 0.0779. The summed E-state index contributed by atoms with van der Waals surface area (Å²) in [6.07, 6.45) is 6.33. The molecule has 1 saturated heterocycles. The van der Waals surface area contributed by atoms with Gasteiger partial charge in [-0.05, 0) is 83.6 Å². The van der Waals surface area contributed by atoms with Gasteiger partial charge in [0.2, 0.25) is 5.78 Å². The highest BCUT2D eigenvalue weighted by Gasteiger charge is 2.33. The van der Waals surface area contributed by atoms with Crippen molar-refractivity contribution in [2.75, 3.05) is 13.1 Å². The van der Waals surface area contributed by atoms with E-state index >= 15 is 0 Å². The van der Waals surface area contributed by atoms with Crippen LogP contribution in [0.2, 0.25) is 0 Å². The molecule has 4 heterocycles. The van der Waals surface area contributed by atoms with E-state index in [0.717, 1.165) is 34.0 Å². The molecule has 1 amide bonds. The number of hydrogen-bond acceptors (Lipinski definition) is 4. The first-order chi connectivity index (χ1) is 22.4. The van der Waals surface area contributed by atoms with Crippen molar-refractivity contribution in [2.45, 2.75) is 25.3 Å². The molecule has 1 unspecified atom stereocenters. The van der Waals surface area contributed by atoms with Crippen LogP contribution < -0.4 is 0 Å². The molecule has 1 fully saturated rings. The Bertz CT molecular complexity index is 2040. The number of aromatic nitrogens is 3. The van der Waals surface area contributed by atoms with E-state index < -0.39 is 0 Å². The number of para-hydroxylation sites is 1. The molecule has 46 heavy (non-hydrogen) atoms. The number of carbonyl (C=O) groups excluding carboxylic acids is 2. The number of halogens is 2. The van der Waals surface area contributed by atoms with Crippen LogP contribution in [-0.4, -0.2) is 44.2 Å². The molecule has 0 radical (unpaired) electrons. The van der Waals surface area contributed by atoms with Gasteiger partial charge in [-0.15, -0.1) is 0 Å². The highest BCUT2D eigenvalue weighted by atomic mass is 19.1. The number of benzene rings is 3. The molecule has 1 aliphatic heterocycles. The summed E-state index contributed by atoms with van der Waals surface area (Å²) in [4.78, 5) is 38.6. The SMILES string of the molecule is O=C(c1ccccn1)c1c(Cc2ccc(F)cc2)ccnc1C(=O)N1CCC(c2cn(Cc3ccc(F)cc3)c3ccccc23)C1. The second kappa shape index (κ2) is 12.5. The monoisotopic (exact) mass is 612 g/mol. The molecule has 3 aromatic heterocycles. The number of pyridine rings is 2. The van der Waals surface area contributed by atoms with Gasteiger partial charge in [0.05, 0.1) is 5.56 Å². The number of rotatable bonds is 8. The van der Waals surface area contributed by atoms with Crippen molar-refractivity contribution < 1.29 is 18.4 Å². The van der Waals surface area contributed by atoms with E-state index in [4.69, 9.17) is 0 Å². The number of carbonyl (C=O) groups is 2. The van der Waals surface area contributed by atoms with Crippen LogP contribution in [0.15, 0.2) is 116 Å². The molecule has 6 nitrogen and oxygen atoms in total. The van der Waals surface area contributed by atoms with E-state index in [9.17, 15) is 18.4 Å². The van der Waals surface area contributed by atoms with Crippen LogP contribution >= 0.6 is 0 Å². The van der Waals surface area contributed by atoms with Gasteiger partial charge in [-0.2, -0.15) is 0 Å². The van der Waals surface area contributed by atoms with Crippen LogP contribution in [0.3, 0.4) is 0 Å². The second-order valence-electron chi connectivity index (χ2n) is 11.6. The van der Waals surface area contributed by atoms with Crippen LogP contribution in [-0.2, 0) is 13.0 Å². The Morgan fingerprint density at radius 2 is 1.50 bits per heavy atom. The molecular weight excluding hydrogens is 582 g/mol. The van der Waals surface area contributed by atoms with Gasteiger partial charge in [0.1, 0.15) is 23.0 Å². The van der Waals surface area contributed by atoms with E-state index in [1.807, 2.05) is 12.1 Å². The lowest BCUT2D eigenvalue weighted by Crippen LogP contribution is -2.31. The second-order valence-corrected chi connectivity index (χ2v) is 11.6. The number of nitrogens with zero attached hydrogens (tertiary/aromatic N) is 4. The Kier molecular flexibility index (Phi) is 7.93. The zero-order valence-corrected chi connectivity index (χ0v) is 24.9. The summed E-state index contributed by atoms with van der Waals surface area (Å²) in [5.41, 5.74) is 5.18. The van der Waals surface area contributed by atoms with E-state index in [1.165, 1.54) is 24.3 Å². The largest absolute Gasteiger partial charge is 0.343 e. The molecular formula is C38H30F2N4O2. The Labute approximate surface area is 265 Å². The maximum Gasteiger partial charge on any atom is 0.273 e. The van der Waals surface area contributed by atoms with Gasteiger partial charge in [0.15, 0.2) is 0 Å². The molecule has 3 aromatic carbocycles. The van der Waals surface area contributed by atoms with Crippen molar-refractivity contribution in [3.05, 3.63) is 166 Å². The predicted octanol–water partition coefficient (Wildman–Crippen LogP) is 7.21. The van der Waals surface area contributed by atoms with Gasteiger partial charge in [-0.3, -0.25) is 19.6 Å². The molecule has 1 aliphatic rings. The summed E-state index contributed by atoms with van der Waals surface area (Å²) in [6, 6.07) is 27.6. The van der Waals surface area contributed by atoms with Gasteiger partial charge in [0.25, 0.3) is 5.91 Å². The first-order valence-electron chi connectivity index (χ1n) is 15.2. The summed E-state index contributed by atoms with van der Waals surface area (Å²) < 4.78 is 29.3. The minimum atomic E-state index is -0.381. The van der Waals surface area contributed by atoms with E-state index in [-0.39, 0.29) is 46.2 Å². The Hall–Kier alpha value is -5.50. The normalized spacial score (nSPS) is 14.6. The quantitative estimate of drug-likeness (QED) is 0.170. The van der Waals surface area contributed by atoms with Crippen LogP contribution in [0, 0.1) is 11.6 Å². The van der Waals surface area contributed by atoms with Gasteiger partial charge in [-0.1, -0.05) is 48.5 Å². The third-order valence-electron chi connectivity index (χ3n) is 8.67. The highest BCUT2D eigenvalue weighted by Crippen LogP contribution is 2.35. The minimum absolute atomic E-state index is 0.0839. The van der Waals surface area contributed by atoms with E-state index in [0.29, 0.717) is 31.6 Å². The summed E-state index contributed by atoms with van der Waals surface area (Å²) in [7, 11) is 0. The number of hydrogen-bond donors (Lipinski definition) is 0. The minimum Gasteiger partial charge on any atom is -0.343 e. The van der Waals surface area contributed by atoms with Crippen molar-refractivity contribution >= 4 is 22.6 Å². The van der Waals surface area contributed by atoms with Crippen molar-refractivity contribution in [3.63, 3.8) is 0 Å². The third-order valence-corrected chi connectivity index (χ3v) is 8.67. The van der Waals surface area contributed by atoms with E-state index in [1.54, 1.807) is 65.8 Å². The van der Waals surface area contributed by atoms with Crippen LogP contribution in [0.25, 0.3) is 10.9 Å². The zero-order valence-electron chi connectivity index (χ0n) is 24.9. The lowest BCUT2D eigenvalue weighted by atomic mass is 9.94. The van der Waals surface area contributed by atoms with Crippen molar-refractivity contribution in [1.29, 1.82) is 0 Å². The maximum absolute atomic E-state index is 14.2. The smallest absolute Gasteiger partial charge is 0.273 e. The third kappa shape index (κ3) is 5.81. The molecule has 8 heteroatoms. The molecule has 0 spiro atoms. The zero-order chi connectivity index (χ0) is 31.6. The van der Waals surface area contributed by atoms with Gasteiger partial charge >= 0.3 is 0 Å². The summed E-state index contributed by atoms with van der Waals surface area (Å²) >= 11 is 0. The van der Waals surface area contributed by atoms with Gasteiger partial charge in [0, 0.05) is 55.0 Å².